The Hall–Kier alpha value is -3.25. The number of aromatic nitrogens is 1. The van der Waals surface area contributed by atoms with Crippen LogP contribution in [0.15, 0.2) is 66.1 Å². The number of hydrogen-bond acceptors (Lipinski definition) is 5. The van der Waals surface area contributed by atoms with Gasteiger partial charge < -0.3 is 4.74 Å². The van der Waals surface area contributed by atoms with Crippen molar-refractivity contribution in [3.05, 3.63) is 82.9 Å². The standard InChI is InChI=1S/C22H20N2O3S/c1-16-8-6-7-9-18(16)12-13-21(26)27-14-19-15-28-22(23-19)24(17(2)25)20-10-4-3-5-11-20/h3-13,15H,14H2,1-2H3/b13-12+. The maximum atomic E-state index is 12.1. The lowest BCUT2D eigenvalue weighted by Crippen LogP contribution is -2.22. The molecule has 0 aliphatic rings. The topological polar surface area (TPSA) is 59.5 Å². The Labute approximate surface area is 167 Å². The number of esters is 1. The van der Waals surface area contributed by atoms with E-state index in [0.717, 1.165) is 16.8 Å². The zero-order valence-electron chi connectivity index (χ0n) is 15.7. The number of amides is 1. The summed E-state index contributed by atoms with van der Waals surface area (Å²) in [6, 6.07) is 17.1. The van der Waals surface area contributed by atoms with Crippen LogP contribution >= 0.6 is 11.3 Å². The third-order valence-corrected chi connectivity index (χ3v) is 4.88. The molecule has 1 heterocycles. The third kappa shape index (κ3) is 4.92. The summed E-state index contributed by atoms with van der Waals surface area (Å²) in [6.45, 7) is 3.52. The van der Waals surface area contributed by atoms with Gasteiger partial charge in [-0.25, -0.2) is 9.78 Å². The van der Waals surface area contributed by atoms with Crippen molar-refractivity contribution in [1.29, 1.82) is 0 Å². The minimum absolute atomic E-state index is 0.0496. The maximum absolute atomic E-state index is 12.1. The van der Waals surface area contributed by atoms with Crippen molar-refractivity contribution < 1.29 is 14.3 Å². The van der Waals surface area contributed by atoms with Crippen molar-refractivity contribution >= 4 is 40.1 Å². The summed E-state index contributed by atoms with van der Waals surface area (Å²) < 4.78 is 5.26. The smallest absolute Gasteiger partial charge is 0.331 e. The van der Waals surface area contributed by atoms with Crippen molar-refractivity contribution in [2.75, 3.05) is 4.90 Å². The summed E-state index contributed by atoms with van der Waals surface area (Å²) in [5, 5.41) is 2.33. The molecule has 0 fully saturated rings. The second-order valence-electron chi connectivity index (χ2n) is 6.11. The largest absolute Gasteiger partial charge is 0.456 e. The van der Waals surface area contributed by atoms with Crippen LogP contribution in [0, 0.1) is 6.92 Å². The van der Waals surface area contributed by atoms with Crippen molar-refractivity contribution in [3.8, 4) is 0 Å². The molecule has 0 aliphatic heterocycles. The number of carbonyl (C=O) groups is 2. The van der Waals surface area contributed by atoms with Gasteiger partial charge in [0.25, 0.3) is 0 Å². The molecule has 6 heteroatoms. The summed E-state index contributed by atoms with van der Waals surface area (Å²) >= 11 is 1.33. The van der Waals surface area contributed by atoms with Crippen LogP contribution in [0.3, 0.4) is 0 Å². The molecule has 0 N–H and O–H groups in total. The predicted molar refractivity (Wildman–Crippen MR) is 111 cm³/mol. The average Bonchev–Trinajstić information content (AvgIpc) is 3.15. The van der Waals surface area contributed by atoms with Gasteiger partial charge in [0.1, 0.15) is 6.61 Å². The van der Waals surface area contributed by atoms with E-state index in [9.17, 15) is 9.59 Å². The lowest BCUT2D eigenvalue weighted by Gasteiger charge is -2.17. The first-order valence-electron chi connectivity index (χ1n) is 8.75. The number of hydrogen-bond donors (Lipinski definition) is 0. The minimum atomic E-state index is -0.440. The quantitative estimate of drug-likeness (QED) is 0.442. The predicted octanol–water partition coefficient (Wildman–Crippen LogP) is 4.89. The van der Waals surface area contributed by atoms with E-state index in [4.69, 9.17) is 4.74 Å². The molecule has 5 nitrogen and oxygen atoms in total. The molecule has 0 bridgehead atoms. The molecule has 1 amide bonds. The van der Waals surface area contributed by atoms with Crippen LogP contribution in [-0.2, 0) is 20.9 Å². The second kappa shape index (κ2) is 9.10. The Morgan fingerprint density at radius 2 is 1.82 bits per heavy atom. The second-order valence-corrected chi connectivity index (χ2v) is 6.95. The molecule has 0 saturated carbocycles. The lowest BCUT2D eigenvalue weighted by atomic mass is 10.1. The first-order valence-corrected chi connectivity index (χ1v) is 9.63. The zero-order chi connectivity index (χ0) is 19.9. The summed E-state index contributed by atoms with van der Waals surface area (Å²) in [5.74, 6) is -0.574. The molecule has 3 aromatic rings. The number of benzene rings is 2. The molecule has 0 spiro atoms. The van der Waals surface area contributed by atoms with Crippen LogP contribution in [0.25, 0.3) is 6.08 Å². The molecule has 0 aliphatic carbocycles. The monoisotopic (exact) mass is 392 g/mol. The Morgan fingerprint density at radius 3 is 2.54 bits per heavy atom. The highest BCUT2D eigenvalue weighted by molar-refractivity contribution is 7.14. The minimum Gasteiger partial charge on any atom is -0.456 e. The Bertz CT molecular complexity index is 996. The van der Waals surface area contributed by atoms with Crippen LogP contribution in [0.2, 0.25) is 0 Å². The fraction of sp³-hybridized carbons (Fsp3) is 0.136. The number of nitrogens with zero attached hydrogens (tertiary/aromatic N) is 2. The van der Waals surface area contributed by atoms with Gasteiger partial charge in [-0.15, -0.1) is 11.3 Å². The van der Waals surface area contributed by atoms with Crippen molar-refractivity contribution in [3.63, 3.8) is 0 Å². The SMILES string of the molecule is CC(=O)N(c1ccccc1)c1nc(COC(=O)/C=C/c2ccccc2C)cs1. The zero-order valence-corrected chi connectivity index (χ0v) is 16.5. The highest BCUT2D eigenvalue weighted by Crippen LogP contribution is 2.28. The van der Waals surface area contributed by atoms with Crippen LogP contribution < -0.4 is 4.90 Å². The van der Waals surface area contributed by atoms with Gasteiger partial charge in [-0.05, 0) is 36.3 Å². The fourth-order valence-corrected chi connectivity index (χ4v) is 3.47. The van der Waals surface area contributed by atoms with E-state index in [0.29, 0.717) is 10.8 Å². The third-order valence-electron chi connectivity index (χ3n) is 4.01. The first-order chi connectivity index (χ1) is 13.5. The summed E-state index contributed by atoms with van der Waals surface area (Å²) in [4.78, 5) is 30.0. The van der Waals surface area contributed by atoms with Crippen molar-refractivity contribution in [2.45, 2.75) is 20.5 Å². The van der Waals surface area contributed by atoms with Crippen molar-refractivity contribution in [1.82, 2.24) is 4.98 Å². The molecule has 1 aromatic heterocycles. The average molecular weight is 392 g/mol. The Kier molecular flexibility index (Phi) is 6.34. The van der Waals surface area contributed by atoms with E-state index in [1.165, 1.54) is 29.2 Å². The molecule has 2 aromatic carbocycles. The molecule has 3 rings (SSSR count). The summed E-state index contributed by atoms with van der Waals surface area (Å²) in [7, 11) is 0. The van der Waals surface area contributed by atoms with Crippen LogP contribution in [0.1, 0.15) is 23.7 Å². The Balaban J connectivity index is 1.63. The van der Waals surface area contributed by atoms with Gasteiger partial charge in [-0.1, -0.05) is 42.5 Å². The number of aryl methyl sites for hydroxylation is 1. The molecular formula is C22H20N2O3S. The van der Waals surface area contributed by atoms with E-state index >= 15 is 0 Å². The van der Waals surface area contributed by atoms with E-state index in [1.54, 1.807) is 11.5 Å². The van der Waals surface area contributed by atoms with Gasteiger partial charge in [-0.3, -0.25) is 9.69 Å². The van der Waals surface area contributed by atoms with Gasteiger partial charge in [-0.2, -0.15) is 0 Å². The van der Waals surface area contributed by atoms with Crippen LogP contribution in [0.5, 0.6) is 0 Å². The Morgan fingerprint density at radius 1 is 1.11 bits per heavy atom. The van der Waals surface area contributed by atoms with E-state index in [1.807, 2.05) is 61.5 Å². The number of rotatable bonds is 6. The van der Waals surface area contributed by atoms with Gasteiger partial charge in [0.2, 0.25) is 5.91 Å². The molecule has 0 atom stereocenters. The maximum Gasteiger partial charge on any atom is 0.331 e. The summed E-state index contributed by atoms with van der Waals surface area (Å²) in [6.07, 6.45) is 3.14. The van der Waals surface area contributed by atoms with Gasteiger partial charge in [0.15, 0.2) is 5.13 Å². The highest BCUT2D eigenvalue weighted by Gasteiger charge is 2.17. The molecule has 28 heavy (non-hydrogen) atoms. The fourth-order valence-electron chi connectivity index (χ4n) is 2.59. The first kappa shape index (κ1) is 19.5. The van der Waals surface area contributed by atoms with Crippen LogP contribution in [0.4, 0.5) is 10.8 Å². The number of ether oxygens (including phenoxy) is 1. The normalized spacial score (nSPS) is 10.8. The summed E-state index contributed by atoms with van der Waals surface area (Å²) in [5.41, 5.74) is 3.39. The lowest BCUT2D eigenvalue weighted by molar-refractivity contribution is -0.139. The highest BCUT2D eigenvalue weighted by atomic mass is 32.1. The number of thiazole rings is 1. The molecule has 142 valence electrons. The van der Waals surface area contributed by atoms with E-state index in [2.05, 4.69) is 4.98 Å². The van der Waals surface area contributed by atoms with Gasteiger partial charge in [0, 0.05) is 18.4 Å². The van der Waals surface area contributed by atoms with E-state index in [-0.39, 0.29) is 12.5 Å². The molecule has 0 saturated heterocycles. The molecule has 0 unspecified atom stereocenters. The van der Waals surface area contributed by atoms with Crippen molar-refractivity contribution in [2.24, 2.45) is 0 Å². The van der Waals surface area contributed by atoms with Gasteiger partial charge >= 0.3 is 5.97 Å². The number of anilines is 2. The van der Waals surface area contributed by atoms with Gasteiger partial charge in [0.05, 0.1) is 11.4 Å². The van der Waals surface area contributed by atoms with E-state index < -0.39 is 5.97 Å². The molecular weight excluding hydrogens is 372 g/mol. The van der Waals surface area contributed by atoms with Crippen LogP contribution in [-0.4, -0.2) is 16.9 Å². The number of para-hydroxylation sites is 1. The molecule has 0 radical (unpaired) electrons. The number of carbonyl (C=O) groups excluding carboxylic acids is 2.